The van der Waals surface area contributed by atoms with E-state index in [-0.39, 0.29) is 24.3 Å². The number of nitrogens with zero attached hydrogens (tertiary/aromatic N) is 3. The number of unbranched alkanes of at least 4 members (excludes halogenated alkanes) is 2. The van der Waals surface area contributed by atoms with Gasteiger partial charge in [0.25, 0.3) is 0 Å². The minimum Gasteiger partial charge on any atom is -0.396 e. The highest BCUT2D eigenvalue weighted by molar-refractivity contribution is 6.03. The van der Waals surface area contributed by atoms with Gasteiger partial charge in [-0.2, -0.15) is 0 Å². The van der Waals surface area contributed by atoms with Crippen molar-refractivity contribution in [2.24, 2.45) is 11.8 Å². The number of hydrogen-bond donors (Lipinski definition) is 1. The van der Waals surface area contributed by atoms with Crippen molar-refractivity contribution in [2.45, 2.75) is 56.4 Å². The predicted octanol–water partition coefficient (Wildman–Crippen LogP) is 3.96. The van der Waals surface area contributed by atoms with Crippen LogP contribution in [-0.2, 0) is 25.7 Å². The van der Waals surface area contributed by atoms with E-state index >= 15 is 0 Å². The zero-order valence-corrected chi connectivity index (χ0v) is 24.1. The number of benzene rings is 2. The van der Waals surface area contributed by atoms with Crippen LogP contribution in [0.3, 0.4) is 0 Å². The lowest BCUT2D eigenvalue weighted by Gasteiger charge is -2.37. The SMILES string of the molecule is C=CCN(Cc1ccccc1)C(=O)C1N(CCCCCO)C(=O)[C@@H]2[C@@H](C(=O)N(CC=C)c3ccccc3)[C@H]3CCC12O3. The number of para-hydroxylation sites is 1. The molecule has 1 spiro atoms. The van der Waals surface area contributed by atoms with Gasteiger partial charge in [-0.05, 0) is 49.8 Å². The lowest BCUT2D eigenvalue weighted by Crippen LogP contribution is -2.56. The van der Waals surface area contributed by atoms with Crippen LogP contribution in [-0.4, -0.2) is 76.6 Å². The molecule has 0 radical (unpaired) electrons. The Kier molecular flexibility index (Phi) is 9.24. The Bertz CT molecular complexity index is 1280. The topological polar surface area (TPSA) is 90.4 Å². The van der Waals surface area contributed by atoms with Crippen LogP contribution >= 0.6 is 0 Å². The third kappa shape index (κ3) is 5.41. The van der Waals surface area contributed by atoms with Gasteiger partial charge in [0.2, 0.25) is 17.7 Å². The molecule has 8 nitrogen and oxygen atoms in total. The number of amides is 3. The van der Waals surface area contributed by atoms with Crippen LogP contribution in [0.2, 0.25) is 0 Å². The Morgan fingerprint density at radius 2 is 1.67 bits per heavy atom. The van der Waals surface area contributed by atoms with Crippen LogP contribution in [0.4, 0.5) is 5.69 Å². The minimum atomic E-state index is -1.07. The molecule has 3 saturated heterocycles. The van der Waals surface area contributed by atoms with Crippen LogP contribution in [0.5, 0.6) is 0 Å². The van der Waals surface area contributed by atoms with E-state index in [0.717, 1.165) is 17.7 Å². The number of anilines is 1. The molecule has 8 heteroatoms. The molecule has 3 aliphatic rings. The number of carbonyl (C=O) groups excluding carboxylic acids is 3. The van der Waals surface area contributed by atoms with Crippen LogP contribution < -0.4 is 4.90 Å². The predicted molar refractivity (Wildman–Crippen MR) is 161 cm³/mol. The zero-order chi connectivity index (χ0) is 29.7. The number of likely N-dealkylation sites (tertiary alicyclic amines) is 1. The number of carbonyl (C=O) groups is 3. The van der Waals surface area contributed by atoms with Crippen LogP contribution in [0, 0.1) is 11.8 Å². The van der Waals surface area contributed by atoms with Crippen LogP contribution in [0.15, 0.2) is 86.0 Å². The molecule has 0 aromatic heterocycles. The standard InChI is InChI=1S/C34H41N3O5/c1-3-20-35(24-25-14-8-5-9-15-25)33(41)30-34-19-18-27(42-34)28(29(34)32(40)37(30)22-12-7-13-23-38)31(39)36(21-4-2)26-16-10-6-11-17-26/h3-6,8-11,14-17,27-30,38H,1-2,7,12-13,18-24H2/t27-,28+,29+,30?,34?/m1/s1. The minimum absolute atomic E-state index is 0.0764. The maximum atomic E-state index is 14.5. The largest absolute Gasteiger partial charge is 0.396 e. The molecule has 2 unspecified atom stereocenters. The molecule has 2 aromatic carbocycles. The van der Waals surface area contributed by atoms with Gasteiger partial charge >= 0.3 is 0 Å². The molecule has 0 saturated carbocycles. The van der Waals surface area contributed by atoms with E-state index in [9.17, 15) is 19.5 Å². The van der Waals surface area contributed by atoms with Gasteiger partial charge in [0.15, 0.2) is 0 Å². The molecule has 5 atom stereocenters. The summed E-state index contributed by atoms with van der Waals surface area (Å²) in [6.07, 6.45) is 6.10. The van der Waals surface area contributed by atoms with Crippen molar-refractivity contribution in [3.63, 3.8) is 0 Å². The first-order valence-electron chi connectivity index (χ1n) is 15.0. The van der Waals surface area contributed by atoms with Crippen LogP contribution in [0.25, 0.3) is 0 Å². The summed E-state index contributed by atoms with van der Waals surface area (Å²) in [6, 6.07) is 18.3. The van der Waals surface area contributed by atoms with Gasteiger partial charge in [-0.1, -0.05) is 60.7 Å². The lowest BCUT2D eigenvalue weighted by molar-refractivity contribution is -0.148. The summed E-state index contributed by atoms with van der Waals surface area (Å²) >= 11 is 0. The molecule has 5 rings (SSSR count). The fourth-order valence-electron chi connectivity index (χ4n) is 7.13. The normalized spacial score (nSPS) is 25.7. The first-order valence-corrected chi connectivity index (χ1v) is 15.0. The maximum Gasteiger partial charge on any atom is 0.248 e. The molecule has 0 aliphatic carbocycles. The summed E-state index contributed by atoms with van der Waals surface area (Å²) in [7, 11) is 0. The summed E-state index contributed by atoms with van der Waals surface area (Å²) < 4.78 is 6.67. The fraction of sp³-hybridized carbons (Fsp3) is 0.441. The van der Waals surface area contributed by atoms with E-state index in [1.165, 1.54) is 0 Å². The average Bonchev–Trinajstić information content (AvgIpc) is 3.65. The smallest absolute Gasteiger partial charge is 0.248 e. The Morgan fingerprint density at radius 3 is 2.33 bits per heavy atom. The first kappa shape index (κ1) is 29.7. The van der Waals surface area contributed by atoms with Crippen molar-refractivity contribution in [3.8, 4) is 0 Å². The Hall–Kier alpha value is -3.75. The molecule has 1 N–H and O–H groups in total. The summed E-state index contributed by atoms with van der Waals surface area (Å²) in [4.78, 5) is 48.2. The van der Waals surface area contributed by atoms with Gasteiger partial charge < -0.3 is 24.5 Å². The lowest BCUT2D eigenvalue weighted by atomic mass is 9.70. The molecule has 3 fully saturated rings. The van der Waals surface area contributed by atoms with E-state index < -0.39 is 29.6 Å². The number of hydrogen-bond acceptors (Lipinski definition) is 5. The Labute approximate surface area is 248 Å². The third-order valence-electron chi connectivity index (χ3n) is 8.90. The summed E-state index contributed by atoms with van der Waals surface area (Å²) in [6.45, 7) is 9.18. The molecule has 2 bridgehead atoms. The first-order chi connectivity index (χ1) is 20.5. The number of rotatable bonds is 14. The van der Waals surface area contributed by atoms with Crippen molar-refractivity contribution < 1.29 is 24.2 Å². The van der Waals surface area contributed by atoms with Crippen molar-refractivity contribution in [3.05, 3.63) is 91.5 Å². The maximum absolute atomic E-state index is 14.5. The second kappa shape index (κ2) is 13.0. The van der Waals surface area contributed by atoms with E-state index in [2.05, 4.69) is 13.2 Å². The van der Waals surface area contributed by atoms with E-state index in [0.29, 0.717) is 51.9 Å². The van der Waals surface area contributed by atoms with E-state index in [1.54, 1.807) is 26.9 Å². The average molecular weight is 572 g/mol. The monoisotopic (exact) mass is 571 g/mol. The number of ether oxygens (including phenoxy) is 1. The van der Waals surface area contributed by atoms with Gasteiger partial charge in [0.1, 0.15) is 11.6 Å². The molecule has 42 heavy (non-hydrogen) atoms. The van der Waals surface area contributed by atoms with Gasteiger partial charge in [-0.25, -0.2) is 0 Å². The van der Waals surface area contributed by atoms with Crippen LogP contribution in [0.1, 0.15) is 37.7 Å². The zero-order valence-electron chi connectivity index (χ0n) is 24.1. The second-order valence-electron chi connectivity index (χ2n) is 11.4. The number of aliphatic hydroxyl groups excluding tert-OH is 1. The molecular weight excluding hydrogens is 530 g/mol. The molecule has 2 aromatic rings. The third-order valence-corrected chi connectivity index (χ3v) is 8.90. The van der Waals surface area contributed by atoms with Crippen molar-refractivity contribution in [1.82, 2.24) is 9.80 Å². The second-order valence-corrected chi connectivity index (χ2v) is 11.4. The van der Waals surface area contributed by atoms with Crippen molar-refractivity contribution in [1.29, 1.82) is 0 Å². The van der Waals surface area contributed by atoms with Gasteiger partial charge in [-0.15, -0.1) is 13.2 Å². The summed E-state index contributed by atoms with van der Waals surface area (Å²) in [5.41, 5.74) is 0.648. The highest BCUT2D eigenvalue weighted by Crippen LogP contribution is 2.59. The number of aliphatic hydroxyl groups is 1. The highest BCUT2D eigenvalue weighted by atomic mass is 16.5. The van der Waals surface area contributed by atoms with Crippen molar-refractivity contribution in [2.75, 3.05) is 31.1 Å². The molecule has 3 aliphatic heterocycles. The Morgan fingerprint density at radius 1 is 0.976 bits per heavy atom. The molecule has 222 valence electrons. The fourth-order valence-corrected chi connectivity index (χ4v) is 7.13. The molecule has 3 heterocycles. The van der Waals surface area contributed by atoms with E-state index in [4.69, 9.17) is 4.74 Å². The van der Waals surface area contributed by atoms with E-state index in [1.807, 2.05) is 60.7 Å². The van der Waals surface area contributed by atoms with Gasteiger partial charge in [-0.3, -0.25) is 14.4 Å². The Balaban J connectivity index is 1.50. The summed E-state index contributed by atoms with van der Waals surface area (Å²) in [5, 5.41) is 9.30. The molecular formula is C34H41N3O5. The van der Waals surface area contributed by atoms with Gasteiger partial charge in [0, 0.05) is 38.5 Å². The van der Waals surface area contributed by atoms with Gasteiger partial charge in [0.05, 0.1) is 17.9 Å². The highest BCUT2D eigenvalue weighted by Gasteiger charge is 2.74. The quantitative estimate of drug-likeness (QED) is 0.274. The van der Waals surface area contributed by atoms with Crippen molar-refractivity contribution >= 4 is 23.4 Å². The number of fused-ring (bicyclic) bond motifs is 1. The summed E-state index contributed by atoms with van der Waals surface area (Å²) in [5.74, 6) is -1.98. The molecule has 3 amide bonds.